The first-order chi connectivity index (χ1) is 8.45. The van der Waals surface area contributed by atoms with Gasteiger partial charge in [-0.25, -0.2) is 4.39 Å². The van der Waals surface area contributed by atoms with Gasteiger partial charge in [-0.2, -0.15) is 0 Å². The van der Waals surface area contributed by atoms with E-state index in [1.54, 1.807) is 0 Å². The molecule has 6 nitrogen and oxygen atoms in total. The van der Waals surface area contributed by atoms with Gasteiger partial charge in [0.15, 0.2) is 5.82 Å². The van der Waals surface area contributed by atoms with Gasteiger partial charge >= 0.3 is 5.97 Å². The first kappa shape index (κ1) is 13.6. The minimum absolute atomic E-state index is 0.00368. The maximum atomic E-state index is 13.3. The summed E-state index contributed by atoms with van der Waals surface area (Å²) in [7, 11) is 1.24. The summed E-state index contributed by atoms with van der Waals surface area (Å²) in [5, 5.41) is 10.6. The molecule has 2 N–H and O–H groups in total. The maximum absolute atomic E-state index is 13.3. The highest BCUT2D eigenvalue weighted by molar-refractivity contribution is 5.73. The number of carbonyl (C=O) groups excluding carboxylic acids is 1. The second-order valence-corrected chi connectivity index (χ2v) is 3.38. The Morgan fingerprint density at radius 1 is 1.61 bits per heavy atom. The van der Waals surface area contributed by atoms with E-state index in [2.05, 4.69) is 4.74 Å². The van der Waals surface area contributed by atoms with Crippen molar-refractivity contribution in [2.24, 2.45) is 0 Å². The normalized spacial score (nSPS) is 10.6. The highest BCUT2D eigenvalue weighted by atomic mass is 19.1. The number of nitrogen functional groups attached to an aromatic ring is 1. The number of benzene rings is 1. The molecule has 0 saturated carbocycles. The van der Waals surface area contributed by atoms with Gasteiger partial charge in [0.2, 0.25) is 0 Å². The molecule has 0 spiro atoms. The molecule has 0 aliphatic carbocycles. The number of halogens is 1. The second kappa shape index (κ2) is 5.76. The molecule has 0 amide bonds. The number of nitro groups is 1. The van der Waals surface area contributed by atoms with Crippen LogP contribution in [0, 0.1) is 15.9 Å². The zero-order chi connectivity index (χ0) is 13.7. The predicted molar refractivity (Wildman–Crippen MR) is 63.1 cm³/mol. The number of hydrogen-bond donors (Lipinski definition) is 1. The Labute approximate surface area is 102 Å². The van der Waals surface area contributed by atoms with Crippen LogP contribution in [0.4, 0.5) is 15.8 Å². The summed E-state index contributed by atoms with van der Waals surface area (Å²) in [6.45, 7) is 0. The second-order valence-electron chi connectivity index (χ2n) is 3.38. The van der Waals surface area contributed by atoms with E-state index in [-0.39, 0.29) is 12.0 Å². The summed E-state index contributed by atoms with van der Waals surface area (Å²) in [6, 6.07) is 2.18. The highest BCUT2D eigenvalue weighted by Crippen LogP contribution is 2.26. The van der Waals surface area contributed by atoms with E-state index in [0.29, 0.717) is 0 Å². The fourth-order valence-corrected chi connectivity index (χ4v) is 1.25. The summed E-state index contributed by atoms with van der Waals surface area (Å²) in [6.07, 6.45) is 2.79. The van der Waals surface area contributed by atoms with Gasteiger partial charge in [-0.05, 0) is 11.6 Å². The van der Waals surface area contributed by atoms with Gasteiger partial charge in [-0.1, -0.05) is 12.2 Å². The van der Waals surface area contributed by atoms with Crippen molar-refractivity contribution < 1.29 is 18.8 Å². The van der Waals surface area contributed by atoms with Gasteiger partial charge in [0.05, 0.1) is 18.5 Å². The van der Waals surface area contributed by atoms with Crippen molar-refractivity contribution in [1.29, 1.82) is 0 Å². The molecule has 0 heterocycles. The zero-order valence-corrected chi connectivity index (χ0v) is 9.55. The number of nitrogens with two attached hydrogens (primary N) is 1. The van der Waals surface area contributed by atoms with Crippen LogP contribution in [0.5, 0.6) is 0 Å². The molecular formula is C11H11FN2O4. The Kier molecular flexibility index (Phi) is 4.36. The van der Waals surface area contributed by atoms with Crippen LogP contribution >= 0.6 is 0 Å². The third-order valence-electron chi connectivity index (χ3n) is 2.15. The van der Waals surface area contributed by atoms with E-state index in [9.17, 15) is 19.3 Å². The highest BCUT2D eigenvalue weighted by Gasteiger charge is 2.16. The molecule has 18 heavy (non-hydrogen) atoms. The van der Waals surface area contributed by atoms with Gasteiger partial charge in [0.1, 0.15) is 5.69 Å². The van der Waals surface area contributed by atoms with E-state index >= 15 is 0 Å². The summed E-state index contributed by atoms with van der Waals surface area (Å²) >= 11 is 0. The fraction of sp³-hybridized carbons (Fsp3) is 0.182. The SMILES string of the molecule is COC(=O)CC=Cc1cc(F)c(N)c([N+](=O)[O-])c1. The predicted octanol–water partition coefficient (Wildman–Crippen LogP) is 1.89. The minimum Gasteiger partial charge on any atom is -0.469 e. The van der Waals surface area contributed by atoms with Crippen molar-refractivity contribution in [3.63, 3.8) is 0 Å². The Balaban J connectivity index is 2.97. The number of nitro benzene ring substituents is 1. The van der Waals surface area contributed by atoms with Gasteiger partial charge < -0.3 is 10.5 Å². The summed E-state index contributed by atoms with van der Waals surface area (Å²) in [5.41, 5.74) is 4.47. The minimum atomic E-state index is -0.873. The van der Waals surface area contributed by atoms with E-state index in [1.165, 1.54) is 19.3 Å². The van der Waals surface area contributed by atoms with Crippen molar-refractivity contribution in [1.82, 2.24) is 0 Å². The van der Waals surface area contributed by atoms with Crippen LogP contribution in [0.1, 0.15) is 12.0 Å². The van der Waals surface area contributed by atoms with Gasteiger partial charge in [-0.3, -0.25) is 14.9 Å². The van der Waals surface area contributed by atoms with Crippen LogP contribution in [-0.2, 0) is 9.53 Å². The molecule has 0 aliphatic heterocycles. The Hall–Kier alpha value is -2.44. The molecule has 0 aliphatic rings. The number of hydrogen-bond acceptors (Lipinski definition) is 5. The lowest BCUT2D eigenvalue weighted by Crippen LogP contribution is -1.99. The van der Waals surface area contributed by atoms with Crippen LogP contribution in [0.3, 0.4) is 0 Å². The van der Waals surface area contributed by atoms with Crippen LogP contribution in [0.15, 0.2) is 18.2 Å². The molecule has 1 rings (SSSR count). The lowest BCUT2D eigenvalue weighted by molar-refractivity contribution is -0.384. The third kappa shape index (κ3) is 3.27. The van der Waals surface area contributed by atoms with Crippen molar-refractivity contribution >= 4 is 23.4 Å². The molecule has 1 aromatic rings. The molecule has 0 unspecified atom stereocenters. The molecule has 0 bridgehead atoms. The number of nitrogens with zero attached hydrogens (tertiary/aromatic N) is 1. The first-order valence-electron chi connectivity index (χ1n) is 4.92. The largest absolute Gasteiger partial charge is 0.469 e. The summed E-state index contributed by atoms with van der Waals surface area (Å²) < 4.78 is 17.7. The number of methoxy groups -OCH3 is 1. The average Bonchev–Trinajstić information content (AvgIpc) is 2.32. The van der Waals surface area contributed by atoms with Crippen LogP contribution < -0.4 is 5.73 Å². The van der Waals surface area contributed by atoms with Crippen LogP contribution in [0.25, 0.3) is 6.08 Å². The van der Waals surface area contributed by atoms with Crippen molar-refractivity contribution in [2.75, 3.05) is 12.8 Å². The average molecular weight is 254 g/mol. The van der Waals surface area contributed by atoms with Crippen LogP contribution in [-0.4, -0.2) is 18.0 Å². The monoisotopic (exact) mass is 254 g/mol. The van der Waals surface area contributed by atoms with E-state index in [0.717, 1.165) is 12.1 Å². The number of carbonyl (C=O) groups is 1. The summed E-state index contributed by atoms with van der Waals surface area (Å²) in [4.78, 5) is 20.7. The Morgan fingerprint density at radius 2 is 2.28 bits per heavy atom. The molecular weight excluding hydrogens is 243 g/mol. The van der Waals surface area contributed by atoms with Gasteiger partial charge in [0, 0.05) is 6.07 Å². The van der Waals surface area contributed by atoms with Gasteiger partial charge in [0.25, 0.3) is 5.69 Å². The molecule has 1 aromatic carbocycles. The molecule has 0 radical (unpaired) electrons. The lowest BCUT2D eigenvalue weighted by atomic mass is 10.1. The Bertz CT molecular complexity index is 514. The summed E-state index contributed by atoms with van der Waals surface area (Å²) in [5.74, 6) is -1.33. The van der Waals surface area contributed by atoms with Crippen LogP contribution in [0.2, 0.25) is 0 Å². The molecule has 0 atom stereocenters. The smallest absolute Gasteiger partial charge is 0.309 e. The van der Waals surface area contributed by atoms with E-state index in [1.807, 2.05) is 0 Å². The third-order valence-corrected chi connectivity index (χ3v) is 2.15. The van der Waals surface area contributed by atoms with Crippen molar-refractivity contribution in [3.8, 4) is 0 Å². The standard InChI is InChI=1S/C11H11FN2O4/c1-18-10(15)4-2-3-7-5-8(12)11(13)9(6-7)14(16)17/h2-3,5-6H,4,13H2,1H3. The molecule has 0 saturated heterocycles. The zero-order valence-electron chi connectivity index (χ0n) is 9.55. The van der Waals surface area contributed by atoms with E-state index < -0.39 is 28.1 Å². The van der Waals surface area contributed by atoms with Crippen molar-refractivity contribution in [2.45, 2.75) is 6.42 Å². The Morgan fingerprint density at radius 3 is 2.83 bits per heavy atom. The van der Waals surface area contributed by atoms with E-state index in [4.69, 9.17) is 5.73 Å². The molecule has 7 heteroatoms. The maximum Gasteiger partial charge on any atom is 0.309 e. The van der Waals surface area contributed by atoms with Crippen molar-refractivity contribution in [3.05, 3.63) is 39.7 Å². The molecule has 0 aromatic heterocycles. The molecule has 96 valence electrons. The first-order valence-corrected chi connectivity index (χ1v) is 4.92. The quantitative estimate of drug-likeness (QED) is 0.383. The lowest BCUT2D eigenvalue weighted by Gasteiger charge is -2.01. The fourth-order valence-electron chi connectivity index (χ4n) is 1.25. The molecule has 0 fully saturated rings. The number of esters is 1. The number of anilines is 1. The topological polar surface area (TPSA) is 95.5 Å². The van der Waals surface area contributed by atoms with Gasteiger partial charge in [-0.15, -0.1) is 0 Å². The number of rotatable bonds is 4. The number of ether oxygens (including phenoxy) is 1.